The van der Waals surface area contributed by atoms with E-state index in [2.05, 4.69) is 0 Å². The normalized spacial score (nSPS) is 10.1. The van der Waals surface area contributed by atoms with Gasteiger partial charge in [0.25, 0.3) is 11.6 Å². The predicted octanol–water partition coefficient (Wildman–Crippen LogP) is 2.77. The van der Waals surface area contributed by atoms with E-state index in [1.807, 2.05) is 10.9 Å². The second-order valence-electron chi connectivity index (χ2n) is 4.07. The van der Waals surface area contributed by atoms with Gasteiger partial charge in [0.05, 0.1) is 4.92 Å². The molecule has 0 aliphatic rings. The number of nitrogens with one attached hydrogen (secondary N) is 2. The Hall–Kier alpha value is -3.10. The van der Waals surface area contributed by atoms with Crippen molar-refractivity contribution < 1.29 is 22.9 Å². The van der Waals surface area contributed by atoms with E-state index in [0.717, 1.165) is 36.4 Å². The van der Waals surface area contributed by atoms with Crippen LogP contribution >= 0.6 is 0 Å². The van der Waals surface area contributed by atoms with Crippen LogP contribution in [-0.4, -0.2) is 10.8 Å². The summed E-state index contributed by atoms with van der Waals surface area (Å²) in [7, 11) is 0. The van der Waals surface area contributed by atoms with Crippen LogP contribution in [-0.2, 0) is 0 Å². The summed E-state index contributed by atoms with van der Waals surface area (Å²) in [5, 5.41) is 10.8. The molecule has 0 aliphatic heterocycles. The van der Waals surface area contributed by atoms with Gasteiger partial charge in [0.15, 0.2) is 17.2 Å². The molecule has 2 aromatic carbocycles. The molecule has 0 aromatic heterocycles. The molecule has 2 N–H and O–H groups in total. The van der Waals surface area contributed by atoms with Crippen molar-refractivity contribution in [1.82, 2.24) is 5.43 Å². The van der Waals surface area contributed by atoms with Crippen molar-refractivity contribution in [2.75, 3.05) is 5.43 Å². The Kier molecular flexibility index (Phi) is 4.25. The van der Waals surface area contributed by atoms with Crippen LogP contribution in [0.2, 0.25) is 0 Å². The highest BCUT2D eigenvalue weighted by atomic mass is 19.1. The smallest absolute Gasteiger partial charge is 0.285 e. The minimum Gasteiger partial charge on any atom is -0.293 e. The Labute approximate surface area is 121 Å². The molecular formula is C13H8F3N3O3. The summed E-state index contributed by atoms with van der Waals surface area (Å²) in [6, 6.07) is 5.83. The van der Waals surface area contributed by atoms with Crippen molar-refractivity contribution in [3.63, 3.8) is 0 Å². The zero-order valence-electron chi connectivity index (χ0n) is 10.8. The number of carbonyl (C=O) groups is 1. The first-order chi connectivity index (χ1) is 10.4. The fraction of sp³-hybridized carbons (Fsp3) is 0. The van der Waals surface area contributed by atoms with E-state index in [-0.39, 0.29) is 0 Å². The first-order valence-corrected chi connectivity index (χ1v) is 5.85. The van der Waals surface area contributed by atoms with Gasteiger partial charge in [-0.15, -0.1) is 0 Å². The molecule has 0 bridgehead atoms. The molecule has 0 spiro atoms. The molecule has 114 valence electrons. The quantitative estimate of drug-likeness (QED) is 0.671. The molecule has 0 saturated carbocycles. The maximum atomic E-state index is 13.6. The second-order valence-corrected chi connectivity index (χ2v) is 4.07. The van der Waals surface area contributed by atoms with Crippen molar-refractivity contribution in [3.05, 3.63) is 69.5 Å². The third-order valence-electron chi connectivity index (χ3n) is 2.68. The molecule has 2 aromatic rings. The molecule has 1 amide bonds. The van der Waals surface area contributed by atoms with E-state index in [1.165, 1.54) is 0 Å². The van der Waals surface area contributed by atoms with Crippen LogP contribution in [0.1, 0.15) is 10.4 Å². The molecular weight excluding hydrogens is 303 g/mol. The zero-order valence-corrected chi connectivity index (χ0v) is 10.8. The number of benzene rings is 2. The van der Waals surface area contributed by atoms with E-state index >= 15 is 0 Å². The van der Waals surface area contributed by atoms with Crippen LogP contribution in [0.4, 0.5) is 24.5 Å². The number of halogens is 3. The number of nitro groups is 1. The first kappa shape index (κ1) is 15.3. The number of nitrogens with zero attached hydrogens (tertiary/aromatic N) is 1. The van der Waals surface area contributed by atoms with E-state index in [4.69, 9.17) is 0 Å². The molecule has 6 nitrogen and oxygen atoms in total. The van der Waals surface area contributed by atoms with Gasteiger partial charge < -0.3 is 0 Å². The Morgan fingerprint density at radius 3 is 2.14 bits per heavy atom. The Morgan fingerprint density at radius 2 is 1.55 bits per heavy atom. The molecule has 0 radical (unpaired) electrons. The highest BCUT2D eigenvalue weighted by Crippen LogP contribution is 2.22. The molecule has 22 heavy (non-hydrogen) atoms. The monoisotopic (exact) mass is 311 g/mol. The van der Waals surface area contributed by atoms with Crippen molar-refractivity contribution in [2.45, 2.75) is 0 Å². The average molecular weight is 311 g/mol. The van der Waals surface area contributed by atoms with Gasteiger partial charge in [0, 0.05) is 6.07 Å². The van der Waals surface area contributed by atoms with Gasteiger partial charge in [-0.1, -0.05) is 12.1 Å². The van der Waals surface area contributed by atoms with Crippen molar-refractivity contribution in [3.8, 4) is 0 Å². The number of hydrazine groups is 1. The first-order valence-electron chi connectivity index (χ1n) is 5.85. The van der Waals surface area contributed by atoms with Gasteiger partial charge in [0.1, 0.15) is 11.5 Å². The largest absolute Gasteiger partial charge is 0.293 e. The summed E-state index contributed by atoms with van der Waals surface area (Å²) in [6.07, 6.45) is 0. The number of hydrogen-bond acceptors (Lipinski definition) is 4. The summed E-state index contributed by atoms with van der Waals surface area (Å²) in [5.74, 6) is -4.37. The topological polar surface area (TPSA) is 84.3 Å². The minimum atomic E-state index is -1.24. The molecule has 0 saturated heterocycles. The van der Waals surface area contributed by atoms with Gasteiger partial charge in [-0.3, -0.25) is 25.8 Å². The number of nitro benzene ring substituents is 1. The van der Waals surface area contributed by atoms with E-state index < -0.39 is 45.2 Å². The highest BCUT2D eigenvalue weighted by molar-refractivity contribution is 5.99. The summed E-state index contributed by atoms with van der Waals surface area (Å²) in [6.45, 7) is 0. The number of para-hydroxylation sites is 1. The van der Waals surface area contributed by atoms with Crippen LogP contribution < -0.4 is 10.9 Å². The van der Waals surface area contributed by atoms with Gasteiger partial charge in [-0.05, 0) is 18.2 Å². The van der Waals surface area contributed by atoms with Crippen LogP contribution in [0.5, 0.6) is 0 Å². The Balaban J connectivity index is 2.26. The van der Waals surface area contributed by atoms with E-state index in [0.29, 0.717) is 0 Å². The van der Waals surface area contributed by atoms with Gasteiger partial charge in [-0.2, -0.15) is 0 Å². The molecule has 0 fully saturated rings. The Morgan fingerprint density at radius 1 is 1.00 bits per heavy atom. The van der Waals surface area contributed by atoms with Crippen molar-refractivity contribution in [1.29, 1.82) is 0 Å². The average Bonchev–Trinajstić information content (AvgIpc) is 2.46. The second kappa shape index (κ2) is 6.12. The molecule has 0 aliphatic carbocycles. The van der Waals surface area contributed by atoms with Gasteiger partial charge in [-0.25, -0.2) is 13.2 Å². The predicted molar refractivity (Wildman–Crippen MR) is 70.5 cm³/mol. The summed E-state index contributed by atoms with van der Waals surface area (Å²) in [4.78, 5) is 21.7. The number of amides is 1. The minimum absolute atomic E-state index is 0.671. The van der Waals surface area contributed by atoms with Crippen molar-refractivity contribution in [2.24, 2.45) is 0 Å². The standard InChI is InChI=1S/C13H8F3N3O3/c14-7-3-2-6-10(19(21)22)11(7)13(20)18-17-12-8(15)4-1-5-9(12)16/h1-6,17H,(H,18,20). The molecule has 0 unspecified atom stereocenters. The maximum Gasteiger partial charge on any atom is 0.285 e. The third kappa shape index (κ3) is 2.97. The number of carbonyl (C=O) groups excluding carboxylic acids is 1. The van der Waals surface area contributed by atoms with E-state index in [1.54, 1.807) is 0 Å². The highest BCUT2D eigenvalue weighted by Gasteiger charge is 2.24. The molecule has 0 atom stereocenters. The lowest BCUT2D eigenvalue weighted by atomic mass is 10.1. The summed E-state index contributed by atoms with van der Waals surface area (Å²) < 4.78 is 40.3. The summed E-state index contributed by atoms with van der Waals surface area (Å²) >= 11 is 0. The number of rotatable bonds is 4. The van der Waals surface area contributed by atoms with E-state index in [9.17, 15) is 28.1 Å². The van der Waals surface area contributed by atoms with Crippen LogP contribution in [0, 0.1) is 27.6 Å². The lowest BCUT2D eigenvalue weighted by molar-refractivity contribution is -0.385. The molecule has 9 heteroatoms. The van der Waals surface area contributed by atoms with Gasteiger partial charge in [0.2, 0.25) is 0 Å². The molecule has 0 heterocycles. The fourth-order valence-corrected chi connectivity index (χ4v) is 1.69. The summed E-state index contributed by atoms with van der Waals surface area (Å²) in [5.41, 5.74) is 1.46. The lowest BCUT2D eigenvalue weighted by Gasteiger charge is -2.10. The van der Waals surface area contributed by atoms with Crippen LogP contribution in [0.25, 0.3) is 0 Å². The number of anilines is 1. The molecule has 2 rings (SSSR count). The third-order valence-corrected chi connectivity index (χ3v) is 2.68. The van der Waals surface area contributed by atoms with Gasteiger partial charge >= 0.3 is 0 Å². The Bertz CT molecular complexity index is 732. The van der Waals surface area contributed by atoms with Crippen LogP contribution in [0.15, 0.2) is 36.4 Å². The zero-order chi connectivity index (χ0) is 16.3. The van der Waals surface area contributed by atoms with Crippen molar-refractivity contribution >= 4 is 17.3 Å². The fourth-order valence-electron chi connectivity index (χ4n) is 1.69. The number of hydrogen-bond donors (Lipinski definition) is 2. The maximum absolute atomic E-state index is 13.6. The lowest BCUT2D eigenvalue weighted by Crippen LogP contribution is -2.31. The SMILES string of the molecule is O=C(NNc1c(F)cccc1F)c1c(F)cccc1[N+](=O)[O-]. The van der Waals surface area contributed by atoms with Crippen LogP contribution in [0.3, 0.4) is 0 Å².